The molecule has 0 aliphatic heterocycles. The van der Waals surface area contributed by atoms with Gasteiger partial charge in [-0.2, -0.15) is 0 Å². The number of nitrogens with one attached hydrogen (secondary N) is 2. The van der Waals surface area contributed by atoms with E-state index in [4.69, 9.17) is 5.73 Å². The minimum atomic E-state index is -0.389. The molecule has 1 aromatic carbocycles. The number of nitrogens with two attached hydrogens (primary N) is 1. The number of carbonyl (C=O) groups is 2. The Morgan fingerprint density at radius 3 is 2.46 bits per heavy atom. The fourth-order valence-corrected chi connectivity index (χ4v) is 5.35. The number of rotatable bonds is 2. The maximum atomic E-state index is 13.0. The van der Waals surface area contributed by atoms with Crippen LogP contribution in [0.3, 0.4) is 0 Å². The predicted octanol–water partition coefficient (Wildman–Crippen LogP) is 4.06. The van der Waals surface area contributed by atoms with Crippen molar-refractivity contribution >= 4 is 22.6 Å². The first-order chi connectivity index (χ1) is 13.1. The molecule has 5 heteroatoms. The average Bonchev–Trinajstić information content (AvgIpc) is 3.00. The summed E-state index contributed by atoms with van der Waals surface area (Å²) in [5.74, 6) is 0.111. The molecule has 150 valence electrons. The third-order valence-corrected chi connectivity index (χ3v) is 6.57. The lowest BCUT2D eigenvalue weighted by molar-refractivity contribution is 0.0759. The van der Waals surface area contributed by atoms with Gasteiger partial charge in [0, 0.05) is 34.0 Å². The van der Waals surface area contributed by atoms with E-state index < -0.39 is 0 Å². The molecule has 1 heterocycles. The molecule has 0 spiro atoms. The summed E-state index contributed by atoms with van der Waals surface area (Å²) in [4.78, 5) is 29.2. The van der Waals surface area contributed by atoms with E-state index in [1.54, 1.807) is 0 Å². The molecule has 4 rings (SSSR count). The molecule has 0 atom stereocenters. The number of benzene rings is 1. The molecule has 2 aromatic rings. The number of hydrogen-bond acceptors (Lipinski definition) is 3. The normalized spacial score (nSPS) is 26.1. The van der Waals surface area contributed by atoms with Gasteiger partial charge in [-0.3, -0.25) is 9.59 Å². The van der Waals surface area contributed by atoms with Crippen molar-refractivity contribution in [1.82, 2.24) is 10.3 Å². The smallest absolute Gasteiger partial charge is 0.251 e. The van der Waals surface area contributed by atoms with Crippen LogP contribution in [0.15, 0.2) is 18.2 Å². The summed E-state index contributed by atoms with van der Waals surface area (Å²) in [6, 6.07) is 6.18. The molecule has 0 radical (unpaired) electrons. The first-order valence-corrected chi connectivity index (χ1v) is 10.4. The van der Waals surface area contributed by atoms with Crippen LogP contribution in [0.5, 0.6) is 0 Å². The number of aromatic amines is 1. The Kier molecular flexibility index (Phi) is 4.42. The summed E-state index contributed by atoms with van der Waals surface area (Å²) >= 11 is 0. The minimum Gasteiger partial charge on any atom is -0.352 e. The van der Waals surface area contributed by atoms with Crippen molar-refractivity contribution in [2.24, 2.45) is 11.1 Å². The van der Waals surface area contributed by atoms with Gasteiger partial charge in [-0.05, 0) is 61.3 Å². The number of carbonyl (C=O) groups excluding carboxylic acids is 2. The first-order valence-electron chi connectivity index (χ1n) is 10.4. The fourth-order valence-electron chi connectivity index (χ4n) is 5.35. The van der Waals surface area contributed by atoms with E-state index in [-0.39, 0.29) is 34.6 Å². The fraction of sp³-hybridized carbons (Fsp3) is 0.565. The number of aromatic nitrogens is 1. The number of H-pyrrole nitrogens is 1. The third kappa shape index (κ3) is 3.16. The summed E-state index contributed by atoms with van der Waals surface area (Å²) in [5, 5.41) is 4.15. The van der Waals surface area contributed by atoms with E-state index in [0.717, 1.165) is 48.6 Å². The van der Waals surface area contributed by atoms with E-state index in [0.29, 0.717) is 11.3 Å². The van der Waals surface area contributed by atoms with Gasteiger partial charge in [0.15, 0.2) is 5.78 Å². The highest BCUT2D eigenvalue weighted by molar-refractivity contribution is 6.08. The van der Waals surface area contributed by atoms with Crippen molar-refractivity contribution in [3.8, 4) is 0 Å². The molecule has 0 bridgehead atoms. The molecule has 2 aliphatic carbocycles. The van der Waals surface area contributed by atoms with Crippen LogP contribution in [0.2, 0.25) is 0 Å². The molecule has 0 unspecified atom stereocenters. The molecular formula is C23H31N3O2. The second-order valence-electron chi connectivity index (χ2n) is 9.99. The zero-order valence-corrected chi connectivity index (χ0v) is 17.3. The summed E-state index contributed by atoms with van der Waals surface area (Å²) in [6.45, 7) is 8.40. The van der Waals surface area contributed by atoms with E-state index in [1.165, 1.54) is 0 Å². The zero-order chi connectivity index (χ0) is 20.3. The Morgan fingerprint density at radius 2 is 1.79 bits per heavy atom. The number of amides is 1. The molecular weight excluding hydrogens is 350 g/mol. The number of hydrogen-bond donors (Lipinski definition) is 3. The van der Waals surface area contributed by atoms with E-state index in [2.05, 4.69) is 24.1 Å². The van der Waals surface area contributed by atoms with Gasteiger partial charge in [0.05, 0.1) is 5.69 Å². The predicted molar refractivity (Wildman–Crippen MR) is 112 cm³/mol. The SMILES string of the molecule is CC1(C)CC(C)(C)c2c([nH]c3ccc(C(=O)NC4CCC(N)CC4)cc23)C1=O. The summed E-state index contributed by atoms with van der Waals surface area (Å²) in [5.41, 5.74) is 8.76. The van der Waals surface area contributed by atoms with E-state index in [1.807, 2.05) is 32.0 Å². The van der Waals surface area contributed by atoms with Crippen molar-refractivity contribution in [2.75, 3.05) is 0 Å². The van der Waals surface area contributed by atoms with E-state index in [9.17, 15) is 9.59 Å². The van der Waals surface area contributed by atoms with Gasteiger partial charge in [-0.15, -0.1) is 0 Å². The lowest BCUT2D eigenvalue weighted by Gasteiger charge is -2.39. The van der Waals surface area contributed by atoms with Gasteiger partial charge in [0.25, 0.3) is 5.91 Å². The van der Waals surface area contributed by atoms with Crippen molar-refractivity contribution < 1.29 is 9.59 Å². The van der Waals surface area contributed by atoms with Gasteiger partial charge in [0.1, 0.15) is 0 Å². The Balaban J connectivity index is 1.68. The maximum absolute atomic E-state index is 13.0. The maximum Gasteiger partial charge on any atom is 0.251 e. The summed E-state index contributed by atoms with van der Waals surface area (Å²) in [7, 11) is 0. The second kappa shape index (κ2) is 6.45. The van der Waals surface area contributed by atoms with E-state index >= 15 is 0 Å². The van der Waals surface area contributed by atoms with Gasteiger partial charge in [-0.25, -0.2) is 0 Å². The van der Waals surface area contributed by atoms with Crippen molar-refractivity contribution in [3.63, 3.8) is 0 Å². The van der Waals surface area contributed by atoms with Crippen LogP contribution in [0.4, 0.5) is 0 Å². The van der Waals surface area contributed by atoms with Gasteiger partial charge in [-0.1, -0.05) is 27.7 Å². The molecule has 28 heavy (non-hydrogen) atoms. The molecule has 4 N–H and O–H groups in total. The molecule has 0 saturated heterocycles. The van der Waals surface area contributed by atoms with Crippen LogP contribution in [0.1, 0.15) is 86.2 Å². The Hall–Kier alpha value is -2.14. The number of fused-ring (bicyclic) bond motifs is 3. The molecule has 2 aliphatic rings. The first kappa shape index (κ1) is 19.2. The van der Waals surface area contributed by atoms with Gasteiger partial charge < -0.3 is 16.0 Å². The van der Waals surface area contributed by atoms with Gasteiger partial charge >= 0.3 is 0 Å². The number of ketones is 1. The Bertz CT molecular complexity index is 946. The molecule has 5 nitrogen and oxygen atoms in total. The lowest BCUT2D eigenvalue weighted by Crippen LogP contribution is -2.40. The van der Waals surface area contributed by atoms with Crippen LogP contribution in [-0.2, 0) is 5.41 Å². The topological polar surface area (TPSA) is 88.0 Å². The monoisotopic (exact) mass is 381 g/mol. The van der Waals surface area contributed by atoms with Gasteiger partial charge in [0.2, 0.25) is 0 Å². The van der Waals surface area contributed by atoms with Crippen molar-refractivity contribution in [1.29, 1.82) is 0 Å². The lowest BCUT2D eigenvalue weighted by atomic mass is 9.63. The van der Waals surface area contributed by atoms with Crippen LogP contribution in [-0.4, -0.2) is 28.8 Å². The van der Waals surface area contributed by atoms with Crippen LogP contribution < -0.4 is 11.1 Å². The summed E-state index contributed by atoms with van der Waals surface area (Å²) < 4.78 is 0. The second-order valence-corrected chi connectivity index (χ2v) is 9.99. The molecule has 1 aromatic heterocycles. The third-order valence-electron chi connectivity index (χ3n) is 6.57. The molecule has 1 fully saturated rings. The number of Topliss-reactive ketones (excluding diaryl/α,β-unsaturated/α-hetero) is 1. The highest BCUT2D eigenvalue weighted by atomic mass is 16.1. The zero-order valence-electron chi connectivity index (χ0n) is 17.3. The van der Waals surface area contributed by atoms with Crippen LogP contribution in [0.25, 0.3) is 10.9 Å². The summed E-state index contributed by atoms with van der Waals surface area (Å²) in [6.07, 6.45) is 4.58. The quantitative estimate of drug-likeness (QED) is 0.733. The molecule has 1 saturated carbocycles. The minimum absolute atomic E-state index is 0.0439. The average molecular weight is 382 g/mol. The standard InChI is InChI=1S/C23H31N3O2/c1-22(2)12-23(3,4)20(27)19-18(22)16-11-13(5-10-17(16)26-19)21(28)25-15-8-6-14(24)7-9-15/h5,10-11,14-15,26H,6-9,12,24H2,1-4H3,(H,25,28). The van der Waals surface area contributed by atoms with Crippen molar-refractivity contribution in [2.45, 2.75) is 77.3 Å². The Labute approximate surface area is 166 Å². The highest BCUT2D eigenvalue weighted by Crippen LogP contribution is 2.48. The highest BCUT2D eigenvalue weighted by Gasteiger charge is 2.45. The molecule has 1 amide bonds. The Morgan fingerprint density at radius 1 is 1.11 bits per heavy atom. The van der Waals surface area contributed by atoms with Crippen LogP contribution in [0, 0.1) is 5.41 Å². The largest absolute Gasteiger partial charge is 0.352 e. The van der Waals surface area contributed by atoms with Crippen LogP contribution >= 0.6 is 0 Å². The van der Waals surface area contributed by atoms with Crippen molar-refractivity contribution in [3.05, 3.63) is 35.0 Å².